The summed E-state index contributed by atoms with van der Waals surface area (Å²) < 4.78 is 0. The van der Waals surface area contributed by atoms with Gasteiger partial charge in [-0.25, -0.2) is 0 Å². The van der Waals surface area contributed by atoms with Crippen molar-refractivity contribution in [1.82, 2.24) is 0 Å². The standard InChI is InChI=1S/C10H13NO/c1-8(7-12)10-5-3-2-4-9(10)6-11/h2-5,7-8H,6,11H2,1H3. The fraction of sp³-hybridized carbons (Fsp3) is 0.300. The number of aldehydes is 1. The van der Waals surface area contributed by atoms with Crippen molar-refractivity contribution in [2.45, 2.75) is 19.4 Å². The molecule has 2 heteroatoms. The number of carbonyl (C=O) groups is 1. The fourth-order valence-electron chi connectivity index (χ4n) is 1.24. The van der Waals surface area contributed by atoms with Gasteiger partial charge in [0.05, 0.1) is 0 Å². The first-order valence-corrected chi connectivity index (χ1v) is 4.02. The van der Waals surface area contributed by atoms with E-state index in [4.69, 9.17) is 5.73 Å². The predicted octanol–water partition coefficient (Wildman–Crippen LogP) is 1.45. The predicted molar refractivity (Wildman–Crippen MR) is 48.8 cm³/mol. The van der Waals surface area contributed by atoms with Crippen molar-refractivity contribution in [3.63, 3.8) is 0 Å². The molecule has 1 atom stereocenters. The van der Waals surface area contributed by atoms with E-state index >= 15 is 0 Å². The number of hydrogen-bond acceptors (Lipinski definition) is 2. The van der Waals surface area contributed by atoms with Gasteiger partial charge in [0.15, 0.2) is 0 Å². The van der Waals surface area contributed by atoms with Crippen LogP contribution in [-0.4, -0.2) is 6.29 Å². The minimum atomic E-state index is -0.0512. The molecule has 0 amide bonds. The topological polar surface area (TPSA) is 43.1 Å². The molecular weight excluding hydrogens is 150 g/mol. The van der Waals surface area contributed by atoms with Gasteiger partial charge in [-0.15, -0.1) is 0 Å². The summed E-state index contributed by atoms with van der Waals surface area (Å²) in [6.07, 6.45) is 0.939. The Bertz CT molecular complexity index is 270. The molecule has 0 saturated carbocycles. The Morgan fingerprint density at radius 3 is 2.75 bits per heavy atom. The Balaban J connectivity index is 3.04. The van der Waals surface area contributed by atoms with E-state index < -0.39 is 0 Å². The molecule has 0 aliphatic heterocycles. The van der Waals surface area contributed by atoms with Gasteiger partial charge >= 0.3 is 0 Å². The van der Waals surface area contributed by atoms with Crippen LogP contribution in [0.15, 0.2) is 24.3 Å². The van der Waals surface area contributed by atoms with Gasteiger partial charge in [-0.2, -0.15) is 0 Å². The zero-order valence-electron chi connectivity index (χ0n) is 7.16. The largest absolute Gasteiger partial charge is 0.326 e. The lowest BCUT2D eigenvalue weighted by molar-refractivity contribution is -0.108. The van der Waals surface area contributed by atoms with Crippen molar-refractivity contribution >= 4 is 6.29 Å². The number of rotatable bonds is 3. The van der Waals surface area contributed by atoms with Crippen molar-refractivity contribution in [1.29, 1.82) is 0 Å². The van der Waals surface area contributed by atoms with Gasteiger partial charge < -0.3 is 10.5 Å². The van der Waals surface area contributed by atoms with Crippen LogP contribution in [0.1, 0.15) is 24.0 Å². The van der Waals surface area contributed by atoms with Gasteiger partial charge in [0.2, 0.25) is 0 Å². The van der Waals surface area contributed by atoms with Gasteiger partial charge in [-0.1, -0.05) is 31.2 Å². The molecule has 0 fully saturated rings. The van der Waals surface area contributed by atoms with Crippen LogP contribution in [0.5, 0.6) is 0 Å². The van der Waals surface area contributed by atoms with E-state index in [2.05, 4.69) is 0 Å². The third kappa shape index (κ3) is 1.71. The lowest BCUT2D eigenvalue weighted by Gasteiger charge is -2.08. The summed E-state index contributed by atoms with van der Waals surface area (Å²) in [7, 11) is 0. The van der Waals surface area contributed by atoms with E-state index in [0.717, 1.165) is 17.4 Å². The zero-order valence-corrected chi connectivity index (χ0v) is 7.16. The fourth-order valence-corrected chi connectivity index (χ4v) is 1.24. The lowest BCUT2D eigenvalue weighted by atomic mass is 9.97. The SMILES string of the molecule is CC(C=O)c1ccccc1CN. The molecule has 1 rings (SSSR count). The van der Waals surface area contributed by atoms with Gasteiger partial charge in [0.25, 0.3) is 0 Å². The molecule has 12 heavy (non-hydrogen) atoms. The highest BCUT2D eigenvalue weighted by Gasteiger charge is 2.06. The van der Waals surface area contributed by atoms with Gasteiger partial charge in [-0.05, 0) is 11.1 Å². The first-order chi connectivity index (χ1) is 5.79. The van der Waals surface area contributed by atoms with Crippen LogP contribution in [0.4, 0.5) is 0 Å². The van der Waals surface area contributed by atoms with E-state index in [1.165, 1.54) is 0 Å². The summed E-state index contributed by atoms with van der Waals surface area (Å²) in [4.78, 5) is 10.5. The normalized spacial score (nSPS) is 12.5. The Kier molecular flexibility index (Phi) is 3.00. The molecule has 0 radical (unpaired) electrons. The molecule has 0 spiro atoms. The van der Waals surface area contributed by atoms with Gasteiger partial charge in [0.1, 0.15) is 6.29 Å². The molecule has 1 aromatic carbocycles. The molecular formula is C10H13NO. The van der Waals surface area contributed by atoms with Crippen LogP contribution < -0.4 is 5.73 Å². The van der Waals surface area contributed by atoms with Crippen LogP contribution >= 0.6 is 0 Å². The summed E-state index contributed by atoms with van der Waals surface area (Å²) in [5, 5.41) is 0. The van der Waals surface area contributed by atoms with Crippen LogP contribution in [0.25, 0.3) is 0 Å². The number of nitrogens with two attached hydrogens (primary N) is 1. The van der Waals surface area contributed by atoms with Crippen molar-refractivity contribution in [3.8, 4) is 0 Å². The first-order valence-electron chi connectivity index (χ1n) is 4.02. The Morgan fingerprint density at radius 1 is 1.50 bits per heavy atom. The van der Waals surface area contributed by atoms with E-state index in [9.17, 15) is 4.79 Å². The van der Waals surface area contributed by atoms with Crippen molar-refractivity contribution in [2.75, 3.05) is 0 Å². The molecule has 0 aliphatic rings. The second-order valence-corrected chi connectivity index (χ2v) is 2.83. The second-order valence-electron chi connectivity index (χ2n) is 2.83. The van der Waals surface area contributed by atoms with Crippen molar-refractivity contribution in [2.24, 2.45) is 5.73 Å². The van der Waals surface area contributed by atoms with Crippen LogP contribution in [0, 0.1) is 0 Å². The zero-order chi connectivity index (χ0) is 8.97. The highest BCUT2D eigenvalue weighted by atomic mass is 16.1. The first kappa shape index (κ1) is 8.94. The van der Waals surface area contributed by atoms with Crippen LogP contribution in [-0.2, 0) is 11.3 Å². The van der Waals surface area contributed by atoms with E-state index in [-0.39, 0.29) is 5.92 Å². The molecule has 0 saturated heterocycles. The summed E-state index contributed by atoms with van der Waals surface area (Å²) in [6, 6.07) is 7.76. The molecule has 2 N–H and O–H groups in total. The van der Waals surface area contributed by atoms with Crippen molar-refractivity contribution < 1.29 is 4.79 Å². The maximum Gasteiger partial charge on any atom is 0.127 e. The number of benzene rings is 1. The molecule has 0 aromatic heterocycles. The maximum absolute atomic E-state index is 10.5. The number of hydrogen-bond donors (Lipinski definition) is 1. The smallest absolute Gasteiger partial charge is 0.127 e. The molecule has 0 aliphatic carbocycles. The number of carbonyl (C=O) groups excluding carboxylic acids is 1. The lowest BCUT2D eigenvalue weighted by Crippen LogP contribution is -2.04. The summed E-state index contributed by atoms with van der Waals surface area (Å²) >= 11 is 0. The molecule has 1 unspecified atom stereocenters. The quantitative estimate of drug-likeness (QED) is 0.685. The van der Waals surface area contributed by atoms with Gasteiger partial charge in [0, 0.05) is 12.5 Å². The molecule has 2 nitrogen and oxygen atoms in total. The van der Waals surface area contributed by atoms with E-state index in [1.807, 2.05) is 31.2 Å². The average molecular weight is 163 g/mol. The van der Waals surface area contributed by atoms with Crippen molar-refractivity contribution in [3.05, 3.63) is 35.4 Å². The minimum Gasteiger partial charge on any atom is -0.326 e. The Morgan fingerprint density at radius 2 is 2.17 bits per heavy atom. The average Bonchev–Trinajstić information content (AvgIpc) is 2.16. The summed E-state index contributed by atoms with van der Waals surface area (Å²) in [6.45, 7) is 2.37. The third-order valence-electron chi connectivity index (χ3n) is 1.97. The Hall–Kier alpha value is -1.15. The minimum absolute atomic E-state index is 0.0512. The van der Waals surface area contributed by atoms with E-state index in [0.29, 0.717) is 6.54 Å². The molecule has 1 aromatic rings. The van der Waals surface area contributed by atoms with Crippen LogP contribution in [0.2, 0.25) is 0 Å². The monoisotopic (exact) mass is 163 g/mol. The maximum atomic E-state index is 10.5. The van der Waals surface area contributed by atoms with Crippen LogP contribution in [0.3, 0.4) is 0 Å². The summed E-state index contributed by atoms with van der Waals surface area (Å²) in [5.74, 6) is -0.0512. The Labute approximate surface area is 72.4 Å². The highest BCUT2D eigenvalue weighted by Crippen LogP contribution is 2.16. The summed E-state index contributed by atoms with van der Waals surface area (Å²) in [5.41, 5.74) is 7.62. The molecule has 0 bridgehead atoms. The second kappa shape index (κ2) is 4.02. The van der Waals surface area contributed by atoms with E-state index in [1.54, 1.807) is 0 Å². The third-order valence-corrected chi connectivity index (χ3v) is 1.97. The highest BCUT2D eigenvalue weighted by molar-refractivity contribution is 5.62. The molecule has 64 valence electrons. The van der Waals surface area contributed by atoms with Gasteiger partial charge in [-0.3, -0.25) is 0 Å². The molecule has 0 heterocycles.